The highest BCUT2D eigenvalue weighted by atomic mass is 32.1. The Morgan fingerprint density at radius 1 is 1.11 bits per heavy atom. The molecule has 3 aromatic carbocycles. The number of primary amides is 1. The number of carbonyl (C=O) groups excluding carboxylic acids is 2. The van der Waals surface area contributed by atoms with E-state index >= 15 is 0 Å². The van der Waals surface area contributed by atoms with Crippen LogP contribution in [0.25, 0.3) is 26.8 Å². The number of amides is 1. The third kappa shape index (κ3) is 4.70. The van der Waals surface area contributed by atoms with E-state index in [-0.39, 0.29) is 5.19 Å². The minimum atomic E-state index is -5.07. The highest BCUT2D eigenvalue weighted by molar-refractivity contribution is 7.19. The van der Waals surface area contributed by atoms with Gasteiger partial charge in [0.25, 0.3) is 5.91 Å². The second kappa shape index (κ2) is 8.96. The zero-order valence-electron chi connectivity index (χ0n) is 18.3. The first-order valence-corrected chi connectivity index (χ1v) is 11.4. The van der Waals surface area contributed by atoms with Crippen LogP contribution < -0.4 is 20.8 Å². The lowest BCUT2D eigenvalue weighted by Gasteiger charge is -2.07. The van der Waals surface area contributed by atoms with Crippen molar-refractivity contribution in [2.24, 2.45) is 5.73 Å². The number of nitrogens with two attached hydrogens (primary N) is 1. The van der Waals surface area contributed by atoms with Crippen LogP contribution in [0.1, 0.15) is 15.9 Å². The number of hydrogen-bond donors (Lipinski definition) is 2. The van der Waals surface area contributed by atoms with Gasteiger partial charge < -0.3 is 15.8 Å². The Hall–Kier alpha value is -4.45. The smallest absolute Gasteiger partial charge is 0.381 e. The molecule has 1 amide bonds. The Labute approximate surface area is 205 Å². The van der Waals surface area contributed by atoms with E-state index in [9.17, 15) is 22.8 Å². The van der Waals surface area contributed by atoms with Crippen LogP contribution in [0.4, 0.5) is 18.9 Å². The van der Waals surface area contributed by atoms with Gasteiger partial charge in [-0.2, -0.15) is 23.3 Å². The molecule has 182 valence electrons. The van der Waals surface area contributed by atoms with Crippen molar-refractivity contribution in [3.8, 4) is 10.9 Å². The molecule has 0 spiro atoms. The van der Waals surface area contributed by atoms with Gasteiger partial charge in [0.05, 0.1) is 11.3 Å². The van der Waals surface area contributed by atoms with Crippen molar-refractivity contribution in [3.63, 3.8) is 0 Å². The molecule has 0 radical (unpaired) electrons. The minimum Gasteiger partial charge on any atom is -0.381 e. The summed E-state index contributed by atoms with van der Waals surface area (Å²) in [5, 5.41) is 8.30. The number of aromatic amines is 1. The molecule has 2 aromatic heterocycles. The third-order valence-electron chi connectivity index (χ3n) is 5.34. The van der Waals surface area contributed by atoms with E-state index in [0.29, 0.717) is 27.8 Å². The van der Waals surface area contributed by atoms with Gasteiger partial charge in [-0.05, 0) is 47.2 Å². The molecule has 12 heteroatoms. The predicted molar refractivity (Wildman–Crippen MR) is 127 cm³/mol. The van der Waals surface area contributed by atoms with Gasteiger partial charge in [-0.15, -0.1) is 0 Å². The highest BCUT2D eigenvalue weighted by Crippen LogP contribution is 2.28. The predicted octanol–water partition coefficient (Wildman–Crippen LogP) is 4.23. The molecule has 4 N–H and O–H groups in total. The number of hydrogen-bond acceptors (Lipinski definition) is 6. The van der Waals surface area contributed by atoms with Crippen molar-refractivity contribution in [1.29, 1.82) is 0 Å². The van der Waals surface area contributed by atoms with Crippen LogP contribution in [0.5, 0.6) is 5.19 Å². The number of thiazole rings is 1. The minimum absolute atomic E-state index is 0.241. The number of rotatable bonds is 6. The maximum Gasteiger partial charge on any atom is 0.491 e. The van der Waals surface area contributed by atoms with Gasteiger partial charge in [-0.3, -0.25) is 4.79 Å². The van der Waals surface area contributed by atoms with Crippen molar-refractivity contribution in [1.82, 2.24) is 9.78 Å². The summed E-state index contributed by atoms with van der Waals surface area (Å²) >= 11 is 0.908. The summed E-state index contributed by atoms with van der Waals surface area (Å²) in [6.07, 6.45) is -3.24. The summed E-state index contributed by atoms with van der Waals surface area (Å²) in [4.78, 5) is 25.4. The van der Waals surface area contributed by atoms with Crippen LogP contribution in [-0.4, -0.2) is 27.8 Å². The number of alkyl halides is 3. The topological polar surface area (TPSA) is 113 Å². The number of esters is 1. The monoisotopic (exact) mass is 512 g/mol. The number of halogens is 3. The first-order valence-electron chi connectivity index (χ1n) is 10.5. The molecular formula is C24H17F3N5O3S+. The van der Waals surface area contributed by atoms with Gasteiger partial charge in [0, 0.05) is 29.9 Å². The van der Waals surface area contributed by atoms with E-state index in [1.807, 2.05) is 36.5 Å². The number of benzene rings is 3. The first kappa shape index (κ1) is 23.3. The zero-order chi connectivity index (χ0) is 25.4. The van der Waals surface area contributed by atoms with Gasteiger partial charge >= 0.3 is 17.3 Å². The molecule has 2 heterocycles. The number of aromatic nitrogens is 3. The van der Waals surface area contributed by atoms with E-state index in [2.05, 4.69) is 20.1 Å². The van der Waals surface area contributed by atoms with E-state index in [0.717, 1.165) is 33.7 Å². The van der Waals surface area contributed by atoms with Crippen LogP contribution in [0.2, 0.25) is 0 Å². The van der Waals surface area contributed by atoms with Crippen molar-refractivity contribution >= 4 is 50.0 Å². The molecule has 0 aliphatic heterocycles. The summed E-state index contributed by atoms with van der Waals surface area (Å²) < 4.78 is 43.9. The van der Waals surface area contributed by atoms with Crippen LogP contribution in [-0.2, 0) is 11.3 Å². The Bertz CT molecular complexity index is 1610. The molecule has 36 heavy (non-hydrogen) atoms. The van der Waals surface area contributed by atoms with Crippen LogP contribution >= 0.6 is 11.3 Å². The molecule has 0 saturated carbocycles. The summed E-state index contributed by atoms with van der Waals surface area (Å²) in [6.45, 7) is 0.485. The standard InChI is InChI=1S/C24H16F3N5O3S/c25-24(26,27)22(34)35-23-30-18-10-15(6-9-19(18)36-23)29-11-13-4-7-16(8-5-13)32-12-14-2-1-3-17(21(28)33)20(14)31-32/h1-10,12,29H,11H2,(H2,28,33)/p+1. The van der Waals surface area contributed by atoms with Crippen molar-refractivity contribution in [3.05, 3.63) is 78.0 Å². The van der Waals surface area contributed by atoms with Gasteiger partial charge in [-0.1, -0.05) is 24.3 Å². The lowest BCUT2D eigenvalue weighted by atomic mass is 10.1. The van der Waals surface area contributed by atoms with E-state index in [1.165, 1.54) is 0 Å². The van der Waals surface area contributed by atoms with Crippen molar-refractivity contribution in [2.45, 2.75) is 12.7 Å². The number of nitrogens with zero attached hydrogens (tertiary/aromatic N) is 2. The summed E-state index contributed by atoms with van der Waals surface area (Å²) in [5.74, 6) is -2.81. The van der Waals surface area contributed by atoms with Gasteiger partial charge in [0.1, 0.15) is 10.2 Å². The normalized spacial score (nSPS) is 11.6. The number of H-pyrrole nitrogens is 1. The maximum atomic E-state index is 12.4. The number of ether oxygens (including phenoxy) is 1. The Balaban J connectivity index is 1.27. The fourth-order valence-electron chi connectivity index (χ4n) is 3.60. The Morgan fingerprint density at radius 2 is 1.89 bits per heavy atom. The van der Waals surface area contributed by atoms with E-state index < -0.39 is 18.1 Å². The quantitative estimate of drug-likeness (QED) is 0.331. The van der Waals surface area contributed by atoms with Crippen molar-refractivity contribution in [2.75, 3.05) is 5.32 Å². The summed E-state index contributed by atoms with van der Waals surface area (Å²) in [7, 11) is 0. The molecule has 0 aliphatic rings. The molecule has 8 nitrogen and oxygen atoms in total. The molecule has 5 aromatic rings. The molecule has 0 fully saturated rings. The number of carbonyl (C=O) groups is 2. The lowest BCUT2D eigenvalue weighted by molar-refractivity contribution is -0.354. The van der Waals surface area contributed by atoms with Crippen LogP contribution in [0.15, 0.2) is 66.9 Å². The zero-order valence-corrected chi connectivity index (χ0v) is 19.1. The van der Waals surface area contributed by atoms with Gasteiger partial charge in [-0.25, -0.2) is 9.48 Å². The molecule has 0 saturated heterocycles. The van der Waals surface area contributed by atoms with E-state index in [1.54, 1.807) is 35.0 Å². The summed E-state index contributed by atoms with van der Waals surface area (Å²) in [5.41, 5.74) is 9.37. The number of fused-ring (bicyclic) bond motifs is 2. The van der Waals surface area contributed by atoms with Crippen LogP contribution in [0.3, 0.4) is 0 Å². The molecule has 0 atom stereocenters. The largest absolute Gasteiger partial charge is 0.491 e. The molecule has 0 bridgehead atoms. The maximum absolute atomic E-state index is 12.4. The molecule has 0 aliphatic carbocycles. The lowest BCUT2D eigenvalue weighted by Crippen LogP contribution is -2.29. The van der Waals surface area contributed by atoms with Gasteiger partial charge in [0.15, 0.2) is 0 Å². The van der Waals surface area contributed by atoms with Crippen LogP contribution in [0, 0.1) is 0 Å². The fraction of sp³-hybridized carbons (Fsp3) is 0.0833. The third-order valence-corrected chi connectivity index (χ3v) is 6.28. The second-order valence-corrected chi connectivity index (χ2v) is 8.83. The van der Waals surface area contributed by atoms with Gasteiger partial charge in [0.2, 0.25) is 5.52 Å². The first-order chi connectivity index (χ1) is 17.2. The number of nitrogens with one attached hydrogen (secondary N) is 2. The summed E-state index contributed by atoms with van der Waals surface area (Å²) in [6, 6.07) is 18.1. The average Bonchev–Trinajstić information content (AvgIpc) is 3.45. The number of anilines is 1. The van der Waals surface area contributed by atoms with Crippen molar-refractivity contribution < 1.29 is 32.5 Å². The molecule has 5 rings (SSSR count). The fourth-order valence-corrected chi connectivity index (χ4v) is 4.43. The molecular weight excluding hydrogens is 495 g/mol. The SMILES string of the molecule is NC(=O)c1cccc2cn(-c3ccc(CNc4ccc5sc(OC(=O)C(F)(F)F)[nH+]c5c4)cc3)nc12. The highest BCUT2D eigenvalue weighted by Gasteiger charge is 2.43. The Kier molecular flexibility index (Phi) is 5.80. The van der Waals surface area contributed by atoms with E-state index in [4.69, 9.17) is 5.73 Å². The molecule has 0 unspecified atom stereocenters. The average molecular weight is 512 g/mol. The Morgan fingerprint density at radius 3 is 2.61 bits per heavy atom. The second-order valence-electron chi connectivity index (χ2n) is 7.81.